The molecule has 3 rings (SSSR count). The summed E-state index contributed by atoms with van der Waals surface area (Å²) in [6.07, 6.45) is 4.71. The summed E-state index contributed by atoms with van der Waals surface area (Å²) in [6.45, 7) is 6.42. The van der Waals surface area contributed by atoms with Gasteiger partial charge in [0.25, 0.3) is 11.8 Å². The normalized spacial score (nSPS) is 12.4. The highest BCUT2D eigenvalue weighted by atomic mass is 16.6. The van der Waals surface area contributed by atoms with Crippen molar-refractivity contribution in [2.45, 2.75) is 26.7 Å². The molecular weight excluding hydrogens is 358 g/mol. The van der Waals surface area contributed by atoms with Gasteiger partial charge in [0.1, 0.15) is 13.2 Å². The van der Waals surface area contributed by atoms with Crippen molar-refractivity contribution in [2.75, 3.05) is 31.6 Å². The van der Waals surface area contributed by atoms with Crippen molar-refractivity contribution < 1.29 is 19.1 Å². The van der Waals surface area contributed by atoms with Crippen molar-refractivity contribution in [3.8, 4) is 11.5 Å². The molecule has 0 aliphatic carbocycles. The molecule has 1 aromatic heterocycles. The highest BCUT2D eigenvalue weighted by Gasteiger charge is 2.18. The first kappa shape index (κ1) is 19.7. The first-order valence-corrected chi connectivity index (χ1v) is 9.57. The average Bonchev–Trinajstić information content (AvgIpc) is 2.73. The molecule has 0 spiro atoms. The summed E-state index contributed by atoms with van der Waals surface area (Å²) in [4.78, 5) is 31.3. The smallest absolute Gasteiger partial charge is 0.257 e. The molecule has 1 aliphatic heterocycles. The van der Waals surface area contributed by atoms with Gasteiger partial charge in [0, 0.05) is 37.2 Å². The molecule has 0 unspecified atom stereocenters. The van der Waals surface area contributed by atoms with Gasteiger partial charge < -0.3 is 19.7 Å². The second-order valence-corrected chi connectivity index (χ2v) is 6.57. The number of rotatable bonds is 7. The molecule has 7 nitrogen and oxygen atoms in total. The zero-order valence-electron chi connectivity index (χ0n) is 16.2. The monoisotopic (exact) mass is 383 g/mol. The molecule has 0 radical (unpaired) electrons. The van der Waals surface area contributed by atoms with Gasteiger partial charge in [-0.3, -0.25) is 14.6 Å². The maximum atomic E-state index is 12.7. The van der Waals surface area contributed by atoms with E-state index in [1.54, 1.807) is 29.2 Å². The second-order valence-electron chi connectivity index (χ2n) is 6.57. The quantitative estimate of drug-likeness (QED) is 0.793. The number of pyridine rings is 1. The number of amides is 2. The summed E-state index contributed by atoms with van der Waals surface area (Å²) in [5, 5.41) is 2.81. The summed E-state index contributed by atoms with van der Waals surface area (Å²) in [5.41, 5.74) is 1.33. The van der Waals surface area contributed by atoms with Gasteiger partial charge >= 0.3 is 0 Å². The van der Waals surface area contributed by atoms with Crippen molar-refractivity contribution in [2.24, 2.45) is 0 Å². The maximum absolute atomic E-state index is 12.7. The molecule has 0 atom stereocenters. The highest BCUT2D eigenvalue weighted by molar-refractivity contribution is 6.06. The van der Waals surface area contributed by atoms with Crippen molar-refractivity contribution in [1.82, 2.24) is 9.88 Å². The Morgan fingerprint density at radius 1 is 1.00 bits per heavy atom. The molecule has 0 saturated carbocycles. The molecule has 1 aliphatic rings. The van der Waals surface area contributed by atoms with Crippen LogP contribution in [-0.2, 0) is 0 Å². The van der Waals surface area contributed by atoms with Crippen LogP contribution in [0.2, 0.25) is 0 Å². The van der Waals surface area contributed by atoms with Gasteiger partial charge in [-0.1, -0.05) is 13.8 Å². The molecule has 0 bridgehead atoms. The minimum atomic E-state index is -0.337. The van der Waals surface area contributed by atoms with E-state index in [0.717, 1.165) is 12.8 Å². The van der Waals surface area contributed by atoms with Crippen LogP contribution in [0.1, 0.15) is 47.4 Å². The number of carbonyl (C=O) groups is 2. The Hall–Kier alpha value is -3.09. The fraction of sp³-hybridized carbons (Fsp3) is 0.381. The van der Waals surface area contributed by atoms with Crippen molar-refractivity contribution in [3.05, 3.63) is 47.8 Å². The largest absolute Gasteiger partial charge is 0.486 e. The van der Waals surface area contributed by atoms with E-state index in [4.69, 9.17) is 9.47 Å². The molecule has 2 aromatic rings. The fourth-order valence-corrected chi connectivity index (χ4v) is 3.04. The lowest BCUT2D eigenvalue weighted by Crippen LogP contribution is -2.32. The van der Waals surface area contributed by atoms with Crippen LogP contribution >= 0.6 is 0 Å². The molecule has 7 heteroatoms. The van der Waals surface area contributed by atoms with Crippen molar-refractivity contribution in [1.29, 1.82) is 0 Å². The standard InChI is InChI=1S/C21H25N3O4/c1-3-7-24(8-4-2)21(26)16-11-15(13-22-14-16)20(25)23-17-5-6-18-19(12-17)28-10-9-27-18/h5-6,11-14H,3-4,7-10H2,1-2H3,(H,23,25). The second kappa shape index (κ2) is 9.21. The summed E-state index contributed by atoms with van der Waals surface area (Å²) in [5.74, 6) is 0.813. The van der Waals surface area contributed by atoms with E-state index in [9.17, 15) is 9.59 Å². The van der Waals surface area contributed by atoms with Gasteiger partial charge in [0.2, 0.25) is 0 Å². The van der Waals surface area contributed by atoms with Gasteiger partial charge in [-0.2, -0.15) is 0 Å². The Morgan fingerprint density at radius 3 is 2.39 bits per heavy atom. The minimum absolute atomic E-state index is 0.106. The highest BCUT2D eigenvalue weighted by Crippen LogP contribution is 2.32. The van der Waals surface area contributed by atoms with Crippen LogP contribution in [0.3, 0.4) is 0 Å². The zero-order chi connectivity index (χ0) is 19.9. The first-order chi connectivity index (χ1) is 13.6. The molecule has 0 saturated heterocycles. The van der Waals surface area contributed by atoms with E-state index < -0.39 is 0 Å². The zero-order valence-corrected chi connectivity index (χ0v) is 16.2. The molecule has 0 fully saturated rings. The number of nitrogens with one attached hydrogen (secondary N) is 1. The van der Waals surface area contributed by atoms with Crippen molar-refractivity contribution in [3.63, 3.8) is 0 Å². The molecular formula is C21H25N3O4. The molecule has 2 heterocycles. The van der Waals surface area contributed by atoms with Gasteiger partial charge in [-0.05, 0) is 31.0 Å². The van der Waals surface area contributed by atoms with Gasteiger partial charge in [-0.15, -0.1) is 0 Å². The molecule has 28 heavy (non-hydrogen) atoms. The van der Waals surface area contributed by atoms with E-state index in [1.165, 1.54) is 12.4 Å². The molecule has 1 aromatic carbocycles. The lowest BCUT2D eigenvalue weighted by molar-refractivity contribution is 0.0755. The Balaban J connectivity index is 1.74. The van der Waals surface area contributed by atoms with E-state index in [2.05, 4.69) is 10.3 Å². The van der Waals surface area contributed by atoms with Crippen LogP contribution in [0.15, 0.2) is 36.7 Å². The number of benzene rings is 1. The number of anilines is 1. The summed E-state index contributed by atoms with van der Waals surface area (Å²) in [7, 11) is 0. The Morgan fingerprint density at radius 2 is 1.68 bits per heavy atom. The summed E-state index contributed by atoms with van der Waals surface area (Å²) >= 11 is 0. The number of ether oxygens (including phenoxy) is 2. The van der Waals surface area contributed by atoms with Crippen molar-refractivity contribution >= 4 is 17.5 Å². The number of hydrogen-bond acceptors (Lipinski definition) is 5. The van der Waals surface area contributed by atoms with Crippen LogP contribution in [0.5, 0.6) is 11.5 Å². The molecule has 2 amide bonds. The number of hydrogen-bond donors (Lipinski definition) is 1. The van der Waals surface area contributed by atoms with Crippen LogP contribution in [0.4, 0.5) is 5.69 Å². The predicted molar refractivity (Wildman–Crippen MR) is 106 cm³/mol. The van der Waals surface area contributed by atoms with E-state index in [-0.39, 0.29) is 11.8 Å². The number of fused-ring (bicyclic) bond motifs is 1. The summed E-state index contributed by atoms with van der Waals surface area (Å²) in [6, 6.07) is 6.81. The van der Waals surface area contributed by atoms with Gasteiger partial charge in [0.15, 0.2) is 11.5 Å². The minimum Gasteiger partial charge on any atom is -0.486 e. The van der Waals surface area contributed by atoms with Crippen LogP contribution in [-0.4, -0.2) is 48.0 Å². The molecule has 1 N–H and O–H groups in total. The third-order valence-corrected chi connectivity index (χ3v) is 4.32. The SMILES string of the molecule is CCCN(CCC)C(=O)c1cncc(C(=O)Nc2ccc3c(c2)OCCO3)c1. The van der Waals surface area contributed by atoms with Gasteiger partial charge in [0.05, 0.1) is 11.1 Å². The van der Waals surface area contributed by atoms with Crippen LogP contribution < -0.4 is 14.8 Å². The van der Waals surface area contributed by atoms with Gasteiger partial charge in [-0.25, -0.2) is 0 Å². The Kier molecular flexibility index (Phi) is 6.47. The predicted octanol–water partition coefficient (Wildman–Crippen LogP) is 3.37. The first-order valence-electron chi connectivity index (χ1n) is 9.57. The maximum Gasteiger partial charge on any atom is 0.257 e. The average molecular weight is 383 g/mol. The third kappa shape index (κ3) is 4.60. The van der Waals surface area contributed by atoms with Crippen LogP contribution in [0, 0.1) is 0 Å². The van der Waals surface area contributed by atoms with E-state index in [0.29, 0.717) is 54.6 Å². The Bertz CT molecular complexity index is 847. The third-order valence-electron chi connectivity index (χ3n) is 4.32. The summed E-state index contributed by atoms with van der Waals surface area (Å²) < 4.78 is 11.0. The number of carbonyl (C=O) groups excluding carboxylic acids is 2. The number of aromatic nitrogens is 1. The lowest BCUT2D eigenvalue weighted by Gasteiger charge is -2.21. The topological polar surface area (TPSA) is 80.8 Å². The Labute approximate surface area is 164 Å². The molecule has 148 valence electrons. The van der Waals surface area contributed by atoms with E-state index >= 15 is 0 Å². The van der Waals surface area contributed by atoms with Crippen LogP contribution in [0.25, 0.3) is 0 Å². The van der Waals surface area contributed by atoms with E-state index in [1.807, 2.05) is 13.8 Å². The number of nitrogens with zero attached hydrogens (tertiary/aromatic N) is 2. The lowest BCUT2D eigenvalue weighted by atomic mass is 10.1. The fourth-order valence-electron chi connectivity index (χ4n) is 3.04.